The normalized spacial score (nSPS) is 10.5. The summed E-state index contributed by atoms with van der Waals surface area (Å²) in [5, 5.41) is 7.50. The zero-order chi connectivity index (χ0) is 22.5. The predicted molar refractivity (Wildman–Crippen MR) is 126 cm³/mol. The number of rotatable bonds is 7. The minimum Gasteiger partial charge on any atom is -0.488 e. The number of ether oxygens (including phenoxy) is 1. The van der Waals surface area contributed by atoms with Crippen LogP contribution in [0.25, 0.3) is 16.3 Å². The van der Waals surface area contributed by atoms with Gasteiger partial charge in [-0.1, -0.05) is 30.8 Å². The van der Waals surface area contributed by atoms with Crippen LogP contribution in [0.4, 0.5) is 22.1 Å². The maximum absolute atomic E-state index is 11.3. The molecule has 160 valence electrons. The van der Waals surface area contributed by atoms with E-state index in [4.69, 9.17) is 10.5 Å². The van der Waals surface area contributed by atoms with E-state index in [1.165, 1.54) is 0 Å². The Morgan fingerprint density at radius 2 is 1.84 bits per heavy atom. The molecule has 0 bridgehead atoms. The number of aromatic nitrogens is 3. The number of allylic oxidation sites excluding steroid dienone is 1. The molecule has 2 amide bonds. The summed E-state index contributed by atoms with van der Waals surface area (Å²) in [6.45, 7) is 6.08. The summed E-state index contributed by atoms with van der Waals surface area (Å²) >= 11 is 0. The van der Waals surface area contributed by atoms with E-state index < -0.39 is 6.03 Å². The van der Waals surface area contributed by atoms with Gasteiger partial charge in [-0.25, -0.2) is 14.8 Å². The molecular formula is C24H22N6O2. The first-order valence-corrected chi connectivity index (χ1v) is 9.90. The van der Waals surface area contributed by atoms with Crippen LogP contribution in [0, 0.1) is 0 Å². The Kier molecular flexibility index (Phi) is 5.94. The number of primary amides is 1. The highest BCUT2D eigenvalue weighted by Crippen LogP contribution is 2.32. The SMILES string of the molecule is C=C(C)c1cnc(Nc2cc(COc3ccc(NC(N)=O)c4ccccc34)ccn2)cn1. The highest BCUT2D eigenvalue weighted by Gasteiger charge is 2.09. The number of carbonyl (C=O) groups excluding carboxylic acids is 1. The van der Waals surface area contributed by atoms with Gasteiger partial charge in [0, 0.05) is 17.0 Å². The van der Waals surface area contributed by atoms with Crippen molar-refractivity contribution in [2.45, 2.75) is 13.5 Å². The number of hydrogen-bond acceptors (Lipinski definition) is 6. The van der Waals surface area contributed by atoms with Crippen molar-refractivity contribution >= 4 is 39.7 Å². The van der Waals surface area contributed by atoms with Crippen molar-refractivity contribution in [1.82, 2.24) is 15.0 Å². The van der Waals surface area contributed by atoms with Gasteiger partial charge in [-0.15, -0.1) is 0 Å². The van der Waals surface area contributed by atoms with E-state index in [2.05, 4.69) is 32.2 Å². The van der Waals surface area contributed by atoms with Crippen LogP contribution in [0.1, 0.15) is 18.2 Å². The average Bonchev–Trinajstić information content (AvgIpc) is 2.79. The molecule has 0 aliphatic heterocycles. The predicted octanol–water partition coefficient (Wildman–Crippen LogP) is 4.87. The van der Waals surface area contributed by atoms with Gasteiger partial charge in [-0.3, -0.25) is 4.98 Å². The lowest BCUT2D eigenvalue weighted by Gasteiger charge is -2.13. The second-order valence-electron chi connectivity index (χ2n) is 7.18. The molecule has 4 rings (SSSR count). The fourth-order valence-electron chi connectivity index (χ4n) is 3.18. The van der Waals surface area contributed by atoms with E-state index in [1.807, 2.05) is 49.4 Å². The molecule has 0 atom stereocenters. The smallest absolute Gasteiger partial charge is 0.316 e. The molecular weight excluding hydrogens is 404 g/mol. The Morgan fingerprint density at radius 1 is 1.03 bits per heavy atom. The summed E-state index contributed by atoms with van der Waals surface area (Å²) in [6, 6.07) is 14.4. The van der Waals surface area contributed by atoms with Crippen molar-refractivity contribution in [2.75, 3.05) is 10.6 Å². The molecule has 2 aromatic carbocycles. The van der Waals surface area contributed by atoms with E-state index in [1.54, 1.807) is 24.7 Å². The third-order valence-electron chi connectivity index (χ3n) is 4.71. The lowest BCUT2D eigenvalue weighted by atomic mass is 10.1. The van der Waals surface area contributed by atoms with E-state index in [0.29, 0.717) is 29.7 Å². The van der Waals surface area contributed by atoms with Crippen LogP contribution in [0.3, 0.4) is 0 Å². The van der Waals surface area contributed by atoms with Crippen LogP contribution in [0.2, 0.25) is 0 Å². The summed E-state index contributed by atoms with van der Waals surface area (Å²) in [7, 11) is 0. The number of nitrogens with one attached hydrogen (secondary N) is 2. The molecule has 4 aromatic rings. The first kappa shape index (κ1) is 20.8. The number of nitrogens with zero attached hydrogens (tertiary/aromatic N) is 3. The van der Waals surface area contributed by atoms with Crippen molar-refractivity contribution in [2.24, 2.45) is 5.73 Å². The van der Waals surface area contributed by atoms with Gasteiger partial charge in [-0.05, 0) is 42.3 Å². The van der Waals surface area contributed by atoms with Gasteiger partial charge in [0.05, 0.1) is 23.8 Å². The first-order valence-electron chi connectivity index (χ1n) is 9.90. The standard InChI is InChI=1S/C24H22N6O2/c1-15(2)20-12-28-23(13-27-20)30-22-11-16(9-10-26-22)14-32-21-8-7-19(29-24(25)31)17-5-3-4-6-18(17)21/h3-13H,1,14H2,2H3,(H3,25,29,31)(H,26,28,30). The third kappa shape index (κ3) is 4.81. The summed E-state index contributed by atoms with van der Waals surface area (Å²) in [5.41, 5.74) is 8.43. The molecule has 0 radical (unpaired) electrons. The maximum Gasteiger partial charge on any atom is 0.316 e. The van der Waals surface area contributed by atoms with Crippen LogP contribution in [0.5, 0.6) is 5.75 Å². The van der Waals surface area contributed by atoms with E-state index in [0.717, 1.165) is 27.6 Å². The fraction of sp³-hybridized carbons (Fsp3) is 0.0833. The largest absolute Gasteiger partial charge is 0.488 e. The molecule has 0 spiro atoms. The van der Waals surface area contributed by atoms with Crippen molar-refractivity contribution in [3.05, 3.63) is 85.0 Å². The number of amides is 2. The third-order valence-corrected chi connectivity index (χ3v) is 4.71. The first-order chi connectivity index (χ1) is 15.5. The second kappa shape index (κ2) is 9.13. The van der Waals surface area contributed by atoms with Crippen LogP contribution in [-0.4, -0.2) is 21.0 Å². The van der Waals surface area contributed by atoms with Crippen molar-refractivity contribution in [1.29, 1.82) is 0 Å². The Bertz CT molecular complexity index is 1290. The van der Waals surface area contributed by atoms with Gasteiger partial charge in [0.1, 0.15) is 24.0 Å². The van der Waals surface area contributed by atoms with Gasteiger partial charge in [0.2, 0.25) is 0 Å². The van der Waals surface area contributed by atoms with Gasteiger partial charge >= 0.3 is 6.03 Å². The van der Waals surface area contributed by atoms with Crippen LogP contribution in [-0.2, 0) is 6.61 Å². The van der Waals surface area contributed by atoms with Gasteiger partial charge in [0.15, 0.2) is 0 Å². The molecule has 0 saturated carbocycles. The molecule has 8 nitrogen and oxygen atoms in total. The molecule has 0 saturated heterocycles. The second-order valence-corrected chi connectivity index (χ2v) is 7.18. The van der Waals surface area contributed by atoms with Crippen LogP contribution in [0.15, 0.2) is 73.7 Å². The van der Waals surface area contributed by atoms with Crippen LogP contribution >= 0.6 is 0 Å². The number of carbonyl (C=O) groups is 1. The Morgan fingerprint density at radius 3 is 2.56 bits per heavy atom. The van der Waals surface area contributed by atoms with Crippen molar-refractivity contribution in [3.63, 3.8) is 0 Å². The molecule has 8 heteroatoms. The lowest BCUT2D eigenvalue weighted by Crippen LogP contribution is -2.19. The molecule has 2 aromatic heterocycles. The zero-order valence-corrected chi connectivity index (χ0v) is 17.5. The average molecular weight is 426 g/mol. The summed E-state index contributed by atoms with van der Waals surface area (Å²) in [6.07, 6.45) is 5.01. The lowest BCUT2D eigenvalue weighted by molar-refractivity contribution is 0.259. The fourth-order valence-corrected chi connectivity index (χ4v) is 3.18. The number of pyridine rings is 1. The number of anilines is 3. The van der Waals surface area contributed by atoms with Crippen LogP contribution < -0.4 is 21.1 Å². The monoisotopic (exact) mass is 426 g/mol. The summed E-state index contributed by atoms with van der Waals surface area (Å²) in [4.78, 5) is 24.3. The molecule has 0 aliphatic carbocycles. The quantitative estimate of drug-likeness (QED) is 0.388. The number of benzene rings is 2. The van der Waals surface area contributed by atoms with Gasteiger partial charge in [0.25, 0.3) is 0 Å². The number of fused-ring (bicyclic) bond motifs is 1. The Balaban J connectivity index is 1.49. The molecule has 0 aliphatic rings. The minimum atomic E-state index is -0.611. The van der Waals surface area contributed by atoms with Crippen molar-refractivity contribution < 1.29 is 9.53 Å². The Hall–Kier alpha value is -4.46. The minimum absolute atomic E-state index is 0.337. The molecule has 2 heterocycles. The van der Waals surface area contributed by atoms with E-state index >= 15 is 0 Å². The number of urea groups is 1. The van der Waals surface area contributed by atoms with Gasteiger partial charge in [-0.2, -0.15) is 0 Å². The Labute approximate surface area is 185 Å². The summed E-state index contributed by atoms with van der Waals surface area (Å²) < 4.78 is 6.08. The van der Waals surface area contributed by atoms with E-state index in [9.17, 15) is 4.79 Å². The highest BCUT2D eigenvalue weighted by atomic mass is 16.5. The van der Waals surface area contributed by atoms with Crippen molar-refractivity contribution in [3.8, 4) is 5.75 Å². The molecule has 0 fully saturated rings. The number of hydrogen-bond donors (Lipinski definition) is 3. The molecule has 4 N–H and O–H groups in total. The molecule has 0 unspecified atom stereocenters. The topological polar surface area (TPSA) is 115 Å². The highest BCUT2D eigenvalue weighted by molar-refractivity contribution is 6.03. The number of nitrogens with two attached hydrogens (primary N) is 1. The zero-order valence-electron chi connectivity index (χ0n) is 17.5. The maximum atomic E-state index is 11.3. The van der Waals surface area contributed by atoms with Gasteiger partial charge < -0.3 is 21.1 Å². The molecule has 32 heavy (non-hydrogen) atoms. The van der Waals surface area contributed by atoms with E-state index in [-0.39, 0.29) is 0 Å². The summed E-state index contributed by atoms with van der Waals surface area (Å²) in [5.74, 6) is 1.92.